The van der Waals surface area contributed by atoms with Crippen LogP contribution in [0.3, 0.4) is 0 Å². The molecule has 10 unspecified atom stereocenters. The number of hydrogen-bond donors (Lipinski definition) is 1. The minimum atomic E-state index is -1.43. The Balaban J connectivity index is 1.99. The van der Waals surface area contributed by atoms with Crippen LogP contribution in [0.1, 0.15) is 67.7 Å². The number of rotatable bonds is 4. The van der Waals surface area contributed by atoms with Crippen molar-refractivity contribution in [3.8, 4) is 0 Å². The van der Waals surface area contributed by atoms with Crippen molar-refractivity contribution in [3.63, 3.8) is 0 Å². The Labute approximate surface area is 222 Å². The molecule has 10 nitrogen and oxygen atoms in total. The fourth-order valence-electron chi connectivity index (χ4n) is 8.95. The van der Waals surface area contributed by atoms with Crippen molar-refractivity contribution in [2.24, 2.45) is 34.0 Å². The lowest BCUT2D eigenvalue weighted by Crippen LogP contribution is -2.75. The number of esters is 4. The lowest BCUT2D eigenvalue weighted by Gasteiger charge is -2.68. The van der Waals surface area contributed by atoms with Crippen LogP contribution in [0.2, 0.25) is 0 Å². The molecule has 0 aromatic carbocycles. The van der Waals surface area contributed by atoms with Crippen LogP contribution >= 0.6 is 0 Å². The van der Waals surface area contributed by atoms with Crippen molar-refractivity contribution in [3.05, 3.63) is 12.2 Å². The molecule has 0 heterocycles. The Bertz CT molecular complexity index is 1090. The van der Waals surface area contributed by atoms with Crippen LogP contribution in [-0.2, 0) is 42.9 Å². The molecule has 210 valence electrons. The lowest BCUT2D eigenvalue weighted by molar-refractivity contribution is -0.299. The van der Waals surface area contributed by atoms with E-state index < -0.39 is 82.5 Å². The largest absolute Gasteiger partial charge is 0.462 e. The third kappa shape index (κ3) is 3.98. The summed E-state index contributed by atoms with van der Waals surface area (Å²) in [5.74, 6) is -4.31. The summed E-state index contributed by atoms with van der Waals surface area (Å²) < 4.78 is 23.1. The number of carbonyl (C=O) groups is 5. The fourth-order valence-corrected chi connectivity index (χ4v) is 8.95. The maximum absolute atomic E-state index is 14.0. The molecule has 0 aromatic heterocycles. The van der Waals surface area contributed by atoms with Gasteiger partial charge in [-0.15, -0.1) is 0 Å². The number of allylic oxidation sites excluding steroid dienone is 1. The van der Waals surface area contributed by atoms with Gasteiger partial charge in [0.1, 0.15) is 30.5 Å². The monoisotopic (exact) mass is 534 g/mol. The highest BCUT2D eigenvalue weighted by Gasteiger charge is 2.78. The molecule has 1 N–H and O–H groups in total. The van der Waals surface area contributed by atoms with Gasteiger partial charge in [-0.1, -0.05) is 27.4 Å². The van der Waals surface area contributed by atoms with Gasteiger partial charge in [-0.2, -0.15) is 0 Å². The zero-order chi connectivity index (χ0) is 28.5. The highest BCUT2D eigenvalue weighted by Crippen LogP contribution is 2.72. The molecule has 0 aromatic rings. The minimum Gasteiger partial charge on any atom is -0.462 e. The first-order valence-electron chi connectivity index (χ1n) is 13.1. The third-order valence-electron chi connectivity index (χ3n) is 9.57. The predicted molar refractivity (Wildman–Crippen MR) is 131 cm³/mol. The molecule has 38 heavy (non-hydrogen) atoms. The van der Waals surface area contributed by atoms with Crippen LogP contribution in [0, 0.1) is 34.0 Å². The van der Waals surface area contributed by atoms with Crippen LogP contribution in [0.25, 0.3) is 0 Å². The first-order chi connectivity index (χ1) is 17.5. The number of aliphatic hydroxyl groups is 1. The van der Waals surface area contributed by atoms with E-state index in [9.17, 15) is 29.1 Å². The zero-order valence-electron chi connectivity index (χ0n) is 23.1. The number of hydrogen-bond acceptors (Lipinski definition) is 10. The topological polar surface area (TPSA) is 143 Å². The molecule has 4 aliphatic carbocycles. The summed E-state index contributed by atoms with van der Waals surface area (Å²) in [6, 6.07) is 0. The minimum absolute atomic E-state index is 0.123. The van der Waals surface area contributed by atoms with Crippen molar-refractivity contribution < 1.29 is 48.0 Å². The van der Waals surface area contributed by atoms with E-state index in [1.807, 2.05) is 20.8 Å². The molecule has 10 heteroatoms. The van der Waals surface area contributed by atoms with Gasteiger partial charge >= 0.3 is 23.9 Å². The Kier molecular flexibility index (Phi) is 6.82. The van der Waals surface area contributed by atoms with Crippen LogP contribution in [0.5, 0.6) is 0 Å². The predicted octanol–water partition coefficient (Wildman–Crippen LogP) is 2.29. The molecule has 1 spiro atoms. The number of fused-ring (bicyclic) bond motifs is 3. The second-order valence-electron chi connectivity index (χ2n) is 12.4. The van der Waals surface area contributed by atoms with Crippen molar-refractivity contribution >= 4 is 29.7 Å². The van der Waals surface area contributed by atoms with E-state index in [2.05, 4.69) is 6.58 Å². The Morgan fingerprint density at radius 3 is 1.87 bits per heavy atom. The number of carbonyl (C=O) groups excluding carboxylic acids is 5. The zero-order valence-corrected chi connectivity index (χ0v) is 23.1. The second-order valence-corrected chi connectivity index (χ2v) is 12.4. The molecule has 0 aliphatic heterocycles. The Morgan fingerprint density at radius 2 is 1.34 bits per heavy atom. The molecule has 0 amide bonds. The molecule has 0 radical (unpaired) electrons. The average Bonchev–Trinajstić information content (AvgIpc) is 2.94. The summed E-state index contributed by atoms with van der Waals surface area (Å²) in [5, 5.41) is 12.0. The third-order valence-corrected chi connectivity index (χ3v) is 9.57. The van der Waals surface area contributed by atoms with Gasteiger partial charge in [0.15, 0.2) is 5.78 Å². The van der Waals surface area contributed by atoms with E-state index in [4.69, 9.17) is 18.9 Å². The van der Waals surface area contributed by atoms with Gasteiger partial charge in [-0.05, 0) is 36.2 Å². The molecule has 2 bridgehead atoms. The van der Waals surface area contributed by atoms with Gasteiger partial charge in [0, 0.05) is 44.9 Å². The van der Waals surface area contributed by atoms with Crippen LogP contribution < -0.4 is 0 Å². The van der Waals surface area contributed by atoms with Gasteiger partial charge in [0.05, 0.1) is 5.41 Å². The van der Waals surface area contributed by atoms with E-state index >= 15 is 0 Å². The highest BCUT2D eigenvalue weighted by molar-refractivity contribution is 6.04. The van der Waals surface area contributed by atoms with Crippen LogP contribution in [-0.4, -0.2) is 65.3 Å². The quantitative estimate of drug-likeness (QED) is 0.324. The fraction of sp³-hybridized carbons (Fsp3) is 0.750. The summed E-state index contributed by atoms with van der Waals surface area (Å²) in [6.45, 7) is 14.6. The standard InChI is InChI=1S/C28H38O10/c1-12-17-9-18(35-13(2)29)21-27(8)11-19(36-14(3)30)25(38-16(5)32)26(6,7)22(27)20(37-15(4)31)24(34)28(21,10-17)23(12)33/h17-22,24-25,34H,1,9-11H2,2-8H3. The molecule has 0 saturated heterocycles. The molecule has 10 atom stereocenters. The average molecular weight is 535 g/mol. The van der Waals surface area contributed by atoms with Gasteiger partial charge in [-0.3, -0.25) is 24.0 Å². The summed E-state index contributed by atoms with van der Waals surface area (Å²) in [4.78, 5) is 63.0. The molecule has 4 saturated carbocycles. The summed E-state index contributed by atoms with van der Waals surface area (Å²) in [5.41, 5.74) is -3.05. The molecule has 4 aliphatic rings. The van der Waals surface area contributed by atoms with Crippen LogP contribution in [0.15, 0.2) is 12.2 Å². The van der Waals surface area contributed by atoms with Crippen molar-refractivity contribution in [2.45, 2.75) is 98.2 Å². The molecular weight excluding hydrogens is 496 g/mol. The lowest BCUT2D eigenvalue weighted by atomic mass is 9.38. The Hall–Kier alpha value is -2.75. The summed E-state index contributed by atoms with van der Waals surface area (Å²) in [7, 11) is 0. The SMILES string of the molecule is C=C1C(=O)C23CC1CC(OC(C)=O)C2C1(C)CC(OC(C)=O)C(OC(C)=O)C(C)(C)C1C(OC(C)=O)C3O. The summed E-state index contributed by atoms with van der Waals surface area (Å²) >= 11 is 0. The van der Waals surface area contributed by atoms with E-state index in [1.165, 1.54) is 27.7 Å². The van der Waals surface area contributed by atoms with Gasteiger partial charge < -0.3 is 24.1 Å². The van der Waals surface area contributed by atoms with Crippen LogP contribution in [0.4, 0.5) is 0 Å². The van der Waals surface area contributed by atoms with Gasteiger partial charge in [0.2, 0.25) is 0 Å². The van der Waals surface area contributed by atoms with Crippen molar-refractivity contribution in [1.29, 1.82) is 0 Å². The molecule has 4 rings (SSSR count). The highest BCUT2D eigenvalue weighted by atomic mass is 16.6. The number of ketones is 1. The number of Topliss-reactive ketones (excluding diaryl/α,β-unsaturated/α-hetero) is 1. The molecular formula is C28H38O10. The van der Waals surface area contributed by atoms with Crippen molar-refractivity contribution in [2.75, 3.05) is 0 Å². The van der Waals surface area contributed by atoms with E-state index in [0.29, 0.717) is 12.0 Å². The first-order valence-corrected chi connectivity index (χ1v) is 13.1. The number of aliphatic hydroxyl groups excluding tert-OH is 1. The van der Waals surface area contributed by atoms with E-state index in [0.717, 1.165) is 0 Å². The maximum Gasteiger partial charge on any atom is 0.303 e. The van der Waals surface area contributed by atoms with E-state index in [1.54, 1.807) is 0 Å². The van der Waals surface area contributed by atoms with Gasteiger partial charge in [0.25, 0.3) is 0 Å². The van der Waals surface area contributed by atoms with Gasteiger partial charge in [-0.25, -0.2) is 0 Å². The normalized spacial score (nSPS) is 42.8. The first kappa shape index (κ1) is 28.3. The second kappa shape index (κ2) is 9.17. The summed E-state index contributed by atoms with van der Waals surface area (Å²) in [6.07, 6.45) is -4.38. The molecule has 4 fully saturated rings. The Morgan fingerprint density at radius 1 is 0.816 bits per heavy atom. The number of ether oxygens (including phenoxy) is 4. The van der Waals surface area contributed by atoms with Crippen molar-refractivity contribution in [1.82, 2.24) is 0 Å². The van der Waals surface area contributed by atoms with E-state index in [-0.39, 0.29) is 24.5 Å². The maximum atomic E-state index is 14.0. The smallest absolute Gasteiger partial charge is 0.303 e.